The fourth-order valence-electron chi connectivity index (χ4n) is 2.92. The van der Waals surface area contributed by atoms with Crippen LogP contribution in [0.2, 0.25) is 0 Å². The lowest BCUT2D eigenvalue weighted by Gasteiger charge is -2.37. The van der Waals surface area contributed by atoms with Gasteiger partial charge in [0, 0.05) is 38.9 Å². The van der Waals surface area contributed by atoms with Crippen LogP contribution in [0.1, 0.15) is 12.5 Å². The molecular weight excluding hydrogens is 444 g/mol. The Kier molecular flexibility index (Phi) is 8.08. The lowest BCUT2D eigenvalue weighted by atomic mass is 10.2. The summed E-state index contributed by atoms with van der Waals surface area (Å²) in [6.07, 6.45) is 1.83. The molecule has 1 fully saturated rings. The summed E-state index contributed by atoms with van der Waals surface area (Å²) in [5.74, 6) is 1.68. The van der Waals surface area contributed by atoms with E-state index < -0.39 is 0 Å². The summed E-state index contributed by atoms with van der Waals surface area (Å²) in [6, 6.07) is 12.6. The van der Waals surface area contributed by atoms with Crippen molar-refractivity contribution < 1.29 is 4.39 Å². The number of benzene rings is 1. The number of pyridine rings is 1. The molecule has 1 aliphatic heterocycles. The summed E-state index contributed by atoms with van der Waals surface area (Å²) in [4.78, 5) is 13.6. The number of rotatable bonds is 4. The van der Waals surface area contributed by atoms with Gasteiger partial charge in [0.05, 0.1) is 6.54 Å². The molecule has 0 amide bonds. The summed E-state index contributed by atoms with van der Waals surface area (Å²) in [6.45, 7) is 6.91. The Hall–Kier alpha value is -1.90. The second-order valence-corrected chi connectivity index (χ2v) is 5.96. The second kappa shape index (κ2) is 10.3. The molecule has 140 valence electrons. The molecule has 5 nitrogen and oxygen atoms in total. The largest absolute Gasteiger partial charge is 0.357 e. The van der Waals surface area contributed by atoms with Crippen molar-refractivity contribution in [1.29, 1.82) is 0 Å². The zero-order valence-electron chi connectivity index (χ0n) is 14.9. The van der Waals surface area contributed by atoms with Crippen LogP contribution in [-0.4, -0.2) is 48.6 Å². The second-order valence-electron chi connectivity index (χ2n) is 5.96. The molecule has 0 bridgehead atoms. The van der Waals surface area contributed by atoms with Crippen LogP contribution < -0.4 is 10.2 Å². The number of hydrogen-bond donors (Lipinski definition) is 1. The van der Waals surface area contributed by atoms with Crippen molar-refractivity contribution in [2.24, 2.45) is 4.99 Å². The number of nitrogens with zero attached hydrogens (tertiary/aromatic N) is 4. The maximum absolute atomic E-state index is 13.3. The molecule has 0 aliphatic carbocycles. The standard InChI is InChI=1S/C19H24FN5.HI/c1-2-21-19(23-15-16-6-5-7-17(20)14-16)25-12-10-24(11-13-25)18-8-3-4-9-22-18;/h3-9,14H,2,10-13,15H2,1H3,(H,21,23);1H. The molecule has 1 aromatic carbocycles. The number of anilines is 1. The van der Waals surface area contributed by atoms with E-state index in [0.29, 0.717) is 6.54 Å². The average molecular weight is 469 g/mol. The van der Waals surface area contributed by atoms with Crippen molar-refractivity contribution in [3.8, 4) is 0 Å². The van der Waals surface area contributed by atoms with Crippen molar-refractivity contribution in [3.05, 3.63) is 60.0 Å². The molecule has 1 aromatic heterocycles. The van der Waals surface area contributed by atoms with Crippen LogP contribution in [-0.2, 0) is 6.54 Å². The van der Waals surface area contributed by atoms with E-state index >= 15 is 0 Å². The minimum absolute atomic E-state index is 0. The van der Waals surface area contributed by atoms with Crippen molar-refractivity contribution >= 4 is 35.8 Å². The van der Waals surface area contributed by atoms with E-state index in [1.54, 1.807) is 6.07 Å². The number of aromatic nitrogens is 1. The number of aliphatic imine (C=N–C) groups is 1. The van der Waals surface area contributed by atoms with Crippen LogP contribution in [0.5, 0.6) is 0 Å². The molecule has 0 spiro atoms. The highest BCUT2D eigenvalue weighted by Gasteiger charge is 2.20. The summed E-state index contributed by atoms with van der Waals surface area (Å²) >= 11 is 0. The third-order valence-corrected chi connectivity index (χ3v) is 4.19. The monoisotopic (exact) mass is 469 g/mol. The zero-order chi connectivity index (χ0) is 17.5. The third-order valence-electron chi connectivity index (χ3n) is 4.19. The average Bonchev–Trinajstić information content (AvgIpc) is 2.66. The zero-order valence-corrected chi connectivity index (χ0v) is 17.3. The fraction of sp³-hybridized carbons (Fsp3) is 0.368. The van der Waals surface area contributed by atoms with E-state index in [9.17, 15) is 4.39 Å². The molecule has 2 aromatic rings. The molecule has 0 radical (unpaired) electrons. The molecule has 1 saturated heterocycles. The summed E-state index contributed by atoms with van der Waals surface area (Å²) in [7, 11) is 0. The van der Waals surface area contributed by atoms with Gasteiger partial charge < -0.3 is 15.1 Å². The van der Waals surface area contributed by atoms with Crippen LogP contribution in [0, 0.1) is 5.82 Å². The molecule has 7 heteroatoms. The van der Waals surface area contributed by atoms with Crippen LogP contribution >= 0.6 is 24.0 Å². The molecule has 2 heterocycles. The molecule has 1 N–H and O–H groups in total. The highest BCUT2D eigenvalue weighted by atomic mass is 127. The number of hydrogen-bond acceptors (Lipinski definition) is 3. The van der Waals surface area contributed by atoms with E-state index in [1.807, 2.05) is 30.5 Å². The first-order chi connectivity index (χ1) is 12.3. The molecular formula is C19H25FIN5. The predicted molar refractivity (Wildman–Crippen MR) is 115 cm³/mol. The molecule has 3 rings (SSSR count). The minimum atomic E-state index is -0.221. The number of halogens is 2. The lowest BCUT2D eigenvalue weighted by Crippen LogP contribution is -2.52. The van der Waals surface area contributed by atoms with Crippen molar-refractivity contribution in [3.63, 3.8) is 0 Å². The van der Waals surface area contributed by atoms with Gasteiger partial charge >= 0.3 is 0 Å². The van der Waals surface area contributed by atoms with Gasteiger partial charge in [0.25, 0.3) is 0 Å². The summed E-state index contributed by atoms with van der Waals surface area (Å²) in [5, 5.41) is 3.34. The first-order valence-corrected chi connectivity index (χ1v) is 8.70. The van der Waals surface area contributed by atoms with Gasteiger partial charge in [-0.2, -0.15) is 0 Å². The highest BCUT2D eigenvalue weighted by Crippen LogP contribution is 2.13. The smallest absolute Gasteiger partial charge is 0.194 e. The molecule has 1 aliphatic rings. The molecule has 26 heavy (non-hydrogen) atoms. The Morgan fingerprint density at radius 3 is 2.62 bits per heavy atom. The highest BCUT2D eigenvalue weighted by molar-refractivity contribution is 14.0. The number of guanidine groups is 1. The fourth-order valence-corrected chi connectivity index (χ4v) is 2.92. The Morgan fingerprint density at radius 2 is 1.96 bits per heavy atom. The van der Waals surface area contributed by atoms with Gasteiger partial charge in [-0.3, -0.25) is 0 Å². The van der Waals surface area contributed by atoms with Gasteiger partial charge in [-0.25, -0.2) is 14.4 Å². The topological polar surface area (TPSA) is 43.8 Å². The van der Waals surface area contributed by atoms with Gasteiger partial charge in [-0.1, -0.05) is 18.2 Å². The van der Waals surface area contributed by atoms with Crippen molar-refractivity contribution in [2.45, 2.75) is 13.5 Å². The van der Waals surface area contributed by atoms with Gasteiger partial charge in [0.15, 0.2) is 5.96 Å². The lowest BCUT2D eigenvalue weighted by molar-refractivity contribution is 0.371. The molecule has 0 saturated carbocycles. The van der Waals surface area contributed by atoms with Gasteiger partial charge in [-0.05, 0) is 36.8 Å². The predicted octanol–water partition coefficient (Wildman–Crippen LogP) is 3.13. The Morgan fingerprint density at radius 1 is 1.15 bits per heavy atom. The first-order valence-electron chi connectivity index (χ1n) is 8.70. The third kappa shape index (κ3) is 5.55. The van der Waals surface area contributed by atoms with Gasteiger partial charge in [0.2, 0.25) is 0 Å². The van der Waals surface area contributed by atoms with E-state index in [4.69, 9.17) is 0 Å². The Bertz CT molecular complexity index is 702. The normalized spacial score (nSPS) is 14.8. The Labute approximate surface area is 171 Å². The first kappa shape index (κ1) is 20.4. The minimum Gasteiger partial charge on any atom is -0.357 e. The van der Waals surface area contributed by atoms with Gasteiger partial charge in [-0.15, -0.1) is 24.0 Å². The van der Waals surface area contributed by atoms with Crippen LogP contribution in [0.25, 0.3) is 0 Å². The van der Waals surface area contributed by atoms with E-state index in [0.717, 1.165) is 50.1 Å². The van der Waals surface area contributed by atoms with E-state index in [-0.39, 0.29) is 29.8 Å². The van der Waals surface area contributed by atoms with Crippen LogP contribution in [0.3, 0.4) is 0 Å². The number of piperazine rings is 1. The number of nitrogens with one attached hydrogen (secondary N) is 1. The quantitative estimate of drug-likeness (QED) is 0.425. The van der Waals surface area contributed by atoms with E-state index in [2.05, 4.69) is 32.0 Å². The molecule has 0 unspecified atom stereocenters. The maximum atomic E-state index is 13.3. The molecule has 0 atom stereocenters. The van der Waals surface area contributed by atoms with E-state index in [1.165, 1.54) is 12.1 Å². The van der Waals surface area contributed by atoms with Crippen molar-refractivity contribution in [2.75, 3.05) is 37.6 Å². The summed E-state index contributed by atoms with van der Waals surface area (Å²) in [5.41, 5.74) is 0.877. The van der Waals surface area contributed by atoms with Crippen molar-refractivity contribution in [1.82, 2.24) is 15.2 Å². The Balaban J connectivity index is 0.00000243. The van der Waals surface area contributed by atoms with Crippen LogP contribution in [0.15, 0.2) is 53.7 Å². The SMILES string of the molecule is CCNC(=NCc1cccc(F)c1)N1CCN(c2ccccn2)CC1.I. The van der Waals surface area contributed by atoms with Crippen LogP contribution in [0.4, 0.5) is 10.2 Å². The van der Waals surface area contributed by atoms with Gasteiger partial charge in [0.1, 0.15) is 11.6 Å². The summed E-state index contributed by atoms with van der Waals surface area (Å²) < 4.78 is 13.3. The maximum Gasteiger partial charge on any atom is 0.194 e.